The summed E-state index contributed by atoms with van der Waals surface area (Å²) in [5.74, 6) is -11.2. The lowest BCUT2D eigenvalue weighted by Crippen LogP contribution is -2.56. The second-order valence-corrected chi connectivity index (χ2v) is 22.2. The third kappa shape index (κ3) is 30.6. The number of carbonyl (C=O) groups is 9. The number of aryl methyl sites for hydroxylation is 1. The highest BCUT2D eigenvalue weighted by Gasteiger charge is 2.41. The highest BCUT2D eigenvalue weighted by Crippen LogP contribution is 2.40. The molecule has 4 aromatic rings. The Balaban J connectivity index is 0.00000139. The average molecular weight is 1440 g/mol. The van der Waals surface area contributed by atoms with Gasteiger partial charge < -0.3 is 73.3 Å². The number of halogens is 12. The molecule has 2 heterocycles. The van der Waals surface area contributed by atoms with E-state index < -0.39 is 102 Å². The van der Waals surface area contributed by atoms with Crippen molar-refractivity contribution in [3.05, 3.63) is 94.8 Å². The average Bonchev–Trinajstić information content (AvgIpc) is 0.784. The van der Waals surface area contributed by atoms with Gasteiger partial charge in [-0.2, -0.15) is 57.9 Å². The Bertz CT molecular complexity index is 3250. The number of aromatic nitrogens is 2. The number of fused-ring (bicyclic) bond motifs is 5. The molecule has 26 nitrogen and oxygen atoms in total. The van der Waals surface area contributed by atoms with Crippen LogP contribution in [0.2, 0.25) is 0 Å². The van der Waals surface area contributed by atoms with E-state index in [-0.39, 0.29) is 57.8 Å². The molecule has 1 aliphatic heterocycles. The predicted octanol–water partition coefficient (Wildman–Crippen LogP) is 6.23. The summed E-state index contributed by atoms with van der Waals surface area (Å²) in [5, 5.41) is 48.4. The van der Waals surface area contributed by atoms with Gasteiger partial charge in [0, 0.05) is 61.0 Å². The van der Waals surface area contributed by atoms with Crippen LogP contribution in [-0.2, 0) is 50.5 Å². The van der Waals surface area contributed by atoms with E-state index in [2.05, 4.69) is 38.2 Å². The largest absolute Gasteiger partial charge is 0.492 e. The Morgan fingerprint density at radius 3 is 1.70 bits per heavy atom. The van der Waals surface area contributed by atoms with E-state index in [1.54, 1.807) is 43.3 Å². The van der Waals surface area contributed by atoms with Crippen molar-refractivity contribution in [1.82, 2.24) is 36.1 Å². The minimum Gasteiger partial charge on any atom is -0.492 e. The van der Waals surface area contributed by atoms with Gasteiger partial charge in [0.1, 0.15) is 55.4 Å². The third-order valence-electron chi connectivity index (χ3n) is 12.2. The van der Waals surface area contributed by atoms with Crippen molar-refractivity contribution >= 4 is 75.0 Å². The molecule has 1 aliphatic rings. The summed E-state index contributed by atoms with van der Waals surface area (Å²) >= 11 is 0. The summed E-state index contributed by atoms with van der Waals surface area (Å²) in [7, 11) is 5.13. The van der Waals surface area contributed by atoms with Crippen molar-refractivity contribution in [2.45, 2.75) is 108 Å². The smallest absolute Gasteiger partial charge is 0.490 e. The molecule has 4 atom stereocenters. The van der Waals surface area contributed by atoms with E-state index in [0.29, 0.717) is 45.3 Å². The zero-order chi connectivity index (χ0) is 74.2. The van der Waals surface area contributed by atoms with Gasteiger partial charge in [-0.15, -0.1) is 0 Å². The molecule has 0 saturated heterocycles. The molecule has 0 aliphatic carbocycles. The summed E-state index contributed by atoms with van der Waals surface area (Å²) < 4.78 is 139. The van der Waals surface area contributed by atoms with Gasteiger partial charge in [-0.1, -0.05) is 77.8 Å². The maximum atomic E-state index is 14.7. The quantitative estimate of drug-likeness (QED) is 0.0180. The second kappa shape index (κ2) is 41.0. The maximum Gasteiger partial charge on any atom is 0.490 e. The first-order valence-electron chi connectivity index (χ1n) is 27.9. The number of amides is 5. The van der Waals surface area contributed by atoms with E-state index >= 15 is 0 Å². The Kier molecular flexibility index (Phi) is 36.3. The molecule has 14 N–H and O–H groups in total. The zero-order valence-electron chi connectivity index (χ0n) is 51.5. The topological polar surface area (TPSA) is 432 Å². The van der Waals surface area contributed by atoms with Gasteiger partial charge >= 0.3 is 48.6 Å². The van der Waals surface area contributed by atoms with Crippen LogP contribution in [0.4, 0.5) is 52.7 Å². The Hall–Kier alpha value is -9.20. The lowest BCUT2D eigenvalue weighted by Gasteiger charge is -2.32. The molecule has 5 rings (SSSR count). The number of unbranched alkanes of at least 4 members (excludes halogenated alkanes) is 2. The number of nitriles is 1. The van der Waals surface area contributed by atoms with Crippen molar-refractivity contribution in [2.24, 2.45) is 17.2 Å². The molecule has 536 valence electrons. The zero-order valence-corrected chi connectivity index (χ0v) is 53.1. The standard InChI is InChI=1S/C49H63N11O7S2.4C2HF3O2/c1-5-6-7-24-68-69-29-32-8-11-34(12-9-32)44-55-28-38(30(2)56-44)46(62)58-39(16-17-50)49(65)60(4)43-35-13-15-42(67-23-20-53)37(27-35)36-25-33(10-14-41(36)66-22-19-52)26-40(47(63)54-21-18-51)59-45(61)31(3)57-48(43)64;4*3-2(4,5)1(6)7/h8-15,25,27-28,31,39-40,43H,5-7,16-17,19-24,26,29,50,52-53H2,1-4H3,(H,54,63)(H,57,64)(H,58,62)(H,59,61);4*(H,6,7)/t31-,39-,40-,43-;;;;/m0..../s1. The van der Waals surface area contributed by atoms with Crippen LogP contribution in [0.1, 0.15) is 78.3 Å². The highest BCUT2D eigenvalue weighted by atomic mass is 33.1. The summed E-state index contributed by atoms with van der Waals surface area (Å²) in [6.45, 7) is 5.70. The van der Waals surface area contributed by atoms with E-state index in [9.17, 15) is 81.9 Å². The number of nitrogens with two attached hydrogens (primary N) is 3. The fraction of sp³-hybridized carbons (Fsp3) is 0.439. The van der Waals surface area contributed by atoms with Gasteiger partial charge in [-0.25, -0.2) is 29.1 Å². The van der Waals surface area contributed by atoms with Crippen molar-refractivity contribution in [3.8, 4) is 40.1 Å². The molecular weight excluding hydrogens is 1370 g/mol. The monoisotopic (exact) mass is 1440 g/mol. The van der Waals surface area contributed by atoms with Crippen molar-refractivity contribution < 1.29 is 126 Å². The lowest BCUT2D eigenvalue weighted by atomic mass is 9.93. The predicted molar refractivity (Wildman–Crippen MR) is 324 cm³/mol. The molecule has 4 bridgehead atoms. The molecule has 0 radical (unpaired) electrons. The fourth-order valence-corrected chi connectivity index (χ4v) is 9.74. The van der Waals surface area contributed by atoms with Crippen molar-refractivity contribution in [1.29, 1.82) is 5.26 Å². The summed E-state index contributed by atoms with van der Waals surface area (Å²) in [6.07, 6.45) is -15.3. The van der Waals surface area contributed by atoms with Crippen LogP contribution >= 0.6 is 21.6 Å². The molecule has 0 saturated carbocycles. The van der Waals surface area contributed by atoms with Crippen LogP contribution in [0, 0.1) is 18.3 Å². The summed E-state index contributed by atoms with van der Waals surface area (Å²) in [4.78, 5) is 116. The van der Waals surface area contributed by atoms with Gasteiger partial charge in [0.05, 0.1) is 17.3 Å². The van der Waals surface area contributed by atoms with Crippen molar-refractivity contribution in [2.75, 3.05) is 52.2 Å². The number of alkyl halides is 12. The summed E-state index contributed by atoms with van der Waals surface area (Å²) in [5.41, 5.74) is 22.1. The molecule has 0 fully saturated rings. The number of hydrogen-bond acceptors (Lipinski definition) is 19. The van der Waals surface area contributed by atoms with E-state index in [1.807, 2.05) is 51.9 Å². The van der Waals surface area contributed by atoms with Crippen LogP contribution < -0.4 is 47.9 Å². The van der Waals surface area contributed by atoms with Gasteiger partial charge in [-0.3, -0.25) is 24.0 Å². The van der Waals surface area contributed by atoms with E-state index in [1.165, 1.54) is 49.9 Å². The Morgan fingerprint density at radius 2 is 1.24 bits per heavy atom. The molecule has 5 amide bonds. The summed E-state index contributed by atoms with van der Waals surface area (Å²) in [6, 6.07) is 15.0. The Morgan fingerprint density at radius 1 is 0.732 bits per heavy atom. The highest BCUT2D eigenvalue weighted by molar-refractivity contribution is 8.76. The van der Waals surface area contributed by atoms with Crippen LogP contribution in [0.5, 0.6) is 11.5 Å². The van der Waals surface area contributed by atoms with Gasteiger partial charge in [0.2, 0.25) is 23.6 Å². The first-order chi connectivity index (χ1) is 45.1. The number of aliphatic carboxylic acids is 4. The van der Waals surface area contributed by atoms with E-state index in [0.717, 1.165) is 17.1 Å². The van der Waals surface area contributed by atoms with Crippen molar-refractivity contribution in [3.63, 3.8) is 0 Å². The normalized spacial score (nSPS) is 14.8. The number of nitrogens with one attached hydrogen (secondary N) is 4. The van der Waals surface area contributed by atoms with Gasteiger partial charge in [0.15, 0.2) is 5.82 Å². The SMILES string of the molecule is CCCCCSSCc1ccc(-c2ncc(C(=O)N[C@@H](CCN)C(=O)N(C)[C@@H]3C(=O)N[C@@H](C)C(=O)N[C@H](C(=O)NCC#N)Cc4ccc(OCCN)c(c4)-c4cc3ccc4OCCN)c(C)n2)cc1.O=C(O)C(F)(F)F.O=C(O)C(F)(F)F.O=C(O)C(F)(F)F.O=C(O)C(F)(F)F. The molecular formula is C57H67F12N11O15S2. The Labute approximate surface area is 552 Å². The molecule has 97 heavy (non-hydrogen) atoms. The minimum atomic E-state index is -5.08. The molecule has 3 aromatic carbocycles. The lowest BCUT2D eigenvalue weighted by molar-refractivity contribution is -0.193. The molecule has 1 aromatic heterocycles. The number of likely N-dealkylation sites (N-methyl/N-ethyl adjacent to an activating group) is 1. The number of carboxylic acid groups (broad SMARTS) is 4. The fourth-order valence-electron chi connectivity index (χ4n) is 7.52. The first-order valence-corrected chi connectivity index (χ1v) is 30.4. The van der Waals surface area contributed by atoms with Crippen LogP contribution in [0.3, 0.4) is 0 Å². The molecule has 0 unspecified atom stereocenters. The first kappa shape index (κ1) is 85.8. The third-order valence-corrected chi connectivity index (χ3v) is 14.6. The number of carbonyl (C=O) groups excluding carboxylic acids is 5. The van der Waals surface area contributed by atoms with Crippen LogP contribution in [-0.4, -0.2) is 184 Å². The molecule has 40 heteroatoms. The number of carboxylic acids is 4. The maximum absolute atomic E-state index is 14.7. The molecule has 0 spiro atoms. The van der Waals surface area contributed by atoms with Gasteiger partial charge in [0.25, 0.3) is 5.91 Å². The number of rotatable bonds is 22. The number of benzene rings is 3. The number of hydrogen-bond donors (Lipinski definition) is 11. The second-order valence-electron chi connectivity index (χ2n) is 19.6. The minimum absolute atomic E-state index is 0.00141. The number of nitrogens with zero attached hydrogens (tertiary/aromatic N) is 4. The van der Waals surface area contributed by atoms with Gasteiger partial charge in [-0.05, 0) is 74.2 Å². The number of ether oxygens (including phenoxy) is 2. The van der Waals surface area contributed by atoms with Crippen LogP contribution in [0.25, 0.3) is 22.5 Å². The van der Waals surface area contributed by atoms with E-state index in [4.69, 9.17) is 66.3 Å². The van der Waals surface area contributed by atoms with Crippen LogP contribution in [0.15, 0.2) is 66.9 Å².